The molecule has 82 valence electrons. The van der Waals surface area contributed by atoms with Gasteiger partial charge in [0.1, 0.15) is 6.10 Å². The predicted octanol–water partition coefficient (Wildman–Crippen LogP) is 0.298. The number of carbonyl (C=O) groups excluding carboxylic acids is 1. The molecule has 1 fully saturated rings. The van der Waals surface area contributed by atoms with Gasteiger partial charge < -0.3 is 15.2 Å². The summed E-state index contributed by atoms with van der Waals surface area (Å²) in [6.07, 6.45) is 1.50. The van der Waals surface area contributed by atoms with E-state index in [1.165, 1.54) is 0 Å². The smallest absolute Gasteiger partial charge is 0.249 e. The van der Waals surface area contributed by atoms with Crippen LogP contribution in [-0.4, -0.2) is 36.4 Å². The van der Waals surface area contributed by atoms with Gasteiger partial charge in [-0.25, -0.2) is 0 Å². The van der Waals surface area contributed by atoms with Gasteiger partial charge in [-0.05, 0) is 25.7 Å². The fourth-order valence-corrected chi connectivity index (χ4v) is 1.40. The third-order valence-electron chi connectivity index (χ3n) is 2.73. The van der Waals surface area contributed by atoms with Crippen molar-refractivity contribution in [1.29, 1.82) is 0 Å². The Bertz CT molecular complexity index is 190. The minimum atomic E-state index is -0.275. The molecule has 0 aromatic heterocycles. The van der Waals surface area contributed by atoms with Crippen molar-refractivity contribution in [2.45, 2.75) is 38.8 Å². The first-order valence-corrected chi connectivity index (χ1v) is 5.18. The fourth-order valence-electron chi connectivity index (χ4n) is 1.40. The Morgan fingerprint density at radius 1 is 1.64 bits per heavy atom. The lowest BCUT2D eigenvalue weighted by atomic mass is 10.0. The molecule has 2 unspecified atom stereocenters. The van der Waals surface area contributed by atoms with Crippen LogP contribution in [0.5, 0.6) is 0 Å². The van der Waals surface area contributed by atoms with Crippen molar-refractivity contribution in [2.24, 2.45) is 5.92 Å². The summed E-state index contributed by atoms with van der Waals surface area (Å²) in [7, 11) is 0. The topological polar surface area (TPSA) is 58.6 Å². The molecule has 0 spiro atoms. The van der Waals surface area contributed by atoms with Crippen molar-refractivity contribution in [3.63, 3.8) is 0 Å². The van der Waals surface area contributed by atoms with Gasteiger partial charge in [0.15, 0.2) is 0 Å². The average molecular weight is 201 g/mol. The van der Waals surface area contributed by atoms with E-state index in [2.05, 4.69) is 5.32 Å². The molecule has 1 saturated heterocycles. The zero-order chi connectivity index (χ0) is 10.6. The molecule has 0 radical (unpaired) electrons. The Morgan fingerprint density at radius 2 is 2.36 bits per heavy atom. The van der Waals surface area contributed by atoms with Crippen molar-refractivity contribution in [2.75, 3.05) is 13.2 Å². The van der Waals surface area contributed by atoms with Gasteiger partial charge in [0, 0.05) is 19.3 Å². The van der Waals surface area contributed by atoms with Crippen LogP contribution in [0.1, 0.15) is 26.7 Å². The molecule has 3 atom stereocenters. The second-order valence-electron chi connectivity index (χ2n) is 3.96. The zero-order valence-corrected chi connectivity index (χ0v) is 8.82. The second-order valence-corrected chi connectivity index (χ2v) is 3.96. The lowest BCUT2D eigenvalue weighted by molar-refractivity contribution is -0.131. The molecule has 0 bridgehead atoms. The Labute approximate surface area is 84.6 Å². The number of aliphatic hydroxyl groups is 1. The Hall–Kier alpha value is -0.610. The van der Waals surface area contributed by atoms with Crippen molar-refractivity contribution in [3.8, 4) is 0 Å². The summed E-state index contributed by atoms with van der Waals surface area (Å²) in [6.45, 7) is 4.57. The number of aliphatic hydroxyl groups excluding tert-OH is 1. The van der Waals surface area contributed by atoms with E-state index < -0.39 is 0 Å². The SMILES string of the molecule is CC(CO)C(C)NC(=O)[C@@H]1CCCO1. The summed E-state index contributed by atoms with van der Waals surface area (Å²) >= 11 is 0. The van der Waals surface area contributed by atoms with Gasteiger partial charge in [-0.1, -0.05) is 6.92 Å². The number of amides is 1. The first-order chi connectivity index (χ1) is 6.65. The first-order valence-electron chi connectivity index (χ1n) is 5.18. The van der Waals surface area contributed by atoms with E-state index in [0.29, 0.717) is 6.61 Å². The zero-order valence-electron chi connectivity index (χ0n) is 8.82. The minimum Gasteiger partial charge on any atom is -0.396 e. The molecule has 1 aliphatic heterocycles. The molecule has 0 aliphatic carbocycles. The van der Waals surface area contributed by atoms with Gasteiger partial charge in [0.05, 0.1) is 0 Å². The van der Waals surface area contributed by atoms with Crippen molar-refractivity contribution >= 4 is 5.91 Å². The maximum atomic E-state index is 11.6. The lowest BCUT2D eigenvalue weighted by Crippen LogP contribution is -2.43. The first kappa shape index (κ1) is 11.5. The summed E-state index contributed by atoms with van der Waals surface area (Å²) < 4.78 is 5.25. The molecule has 14 heavy (non-hydrogen) atoms. The standard InChI is InChI=1S/C10H19NO3/c1-7(6-12)8(2)11-10(13)9-4-3-5-14-9/h7-9,12H,3-6H2,1-2H3,(H,11,13)/t7?,8?,9-/m0/s1. The van der Waals surface area contributed by atoms with E-state index in [1.54, 1.807) is 0 Å². The molecule has 4 heteroatoms. The van der Waals surface area contributed by atoms with E-state index in [4.69, 9.17) is 9.84 Å². The summed E-state index contributed by atoms with van der Waals surface area (Å²) in [5.41, 5.74) is 0. The van der Waals surface area contributed by atoms with Gasteiger partial charge >= 0.3 is 0 Å². The number of hydrogen-bond donors (Lipinski definition) is 2. The van der Waals surface area contributed by atoms with Crippen LogP contribution in [0.15, 0.2) is 0 Å². The summed E-state index contributed by atoms with van der Waals surface area (Å²) in [5, 5.41) is 11.7. The summed E-state index contributed by atoms with van der Waals surface area (Å²) in [6, 6.07) is -0.00306. The van der Waals surface area contributed by atoms with E-state index in [0.717, 1.165) is 12.8 Å². The highest BCUT2D eigenvalue weighted by atomic mass is 16.5. The van der Waals surface area contributed by atoms with Crippen LogP contribution < -0.4 is 5.32 Å². The molecule has 1 rings (SSSR count). The molecular weight excluding hydrogens is 182 g/mol. The van der Waals surface area contributed by atoms with Gasteiger partial charge in [0.25, 0.3) is 0 Å². The maximum Gasteiger partial charge on any atom is 0.249 e. The molecule has 0 aromatic rings. The Kier molecular flexibility index (Phi) is 4.35. The molecule has 1 amide bonds. The largest absolute Gasteiger partial charge is 0.396 e. The highest BCUT2D eigenvalue weighted by molar-refractivity contribution is 5.81. The van der Waals surface area contributed by atoms with Crippen LogP contribution in [0.2, 0.25) is 0 Å². The Morgan fingerprint density at radius 3 is 2.86 bits per heavy atom. The third kappa shape index (κ3) is 2.96. The van der Waals surface area contributed by atoms with Gasteiger partial charge in [-0.15, -0.1) is 0 Å². The minimum absolute atomic E-state index is 0.00306. The van der Waals surface area contributed by atoms with Crippen LogP contribution in [-0.2, 0) is 9.53 Å². The van der Waals surface area contributed by atoms with Crippen molar-refractivity contribution < 1.29 is 14.6 Å². The molecule has 0 aromatic carbocycles. The number of rotatable bonds is 4. The van der Waals surface area contributed by atoms with Crippen LogP contribution >= 0.6 is 0 Å². The third-order valence-corrected chi connectivity index (χ3v) is 2.73. The van der Waals surface area contributed by atoms with E-state index >= 15 is 0 Å². The molecular formula is C10H19NO3. The van der Waals surface area contributed by atoms with Crippen molar-refractivity contribution in [3.05, 3.63) is 0 Å². The molecule has 1 aliphatic rings. The molecule has 4 nitrogen and oxygen atoms in total. The van der Waals surface area contributed by atoms with Crippen molar-refractivity contribution in [1.82, 2.24) is 5.32 Å². The molecule has 1 heterocycles. The summed E-state index contributed by atoms with van der Waals surface area (Å²) in [4.78, 5) is 11.6. The van der Waals surface area contributed by atoms with E-state index in [1.807, 2.05) is 13.8 Å². The van der Waals surface area contributed by atoms with Gasteiger partial charge in [-0.3, -0.25) is 4.79 Å². The van der Waals surface area contributed by atoms with Crippen LogP contribution in [0.4, 0.5) is 0 Å². The van der Waals surface area contributed by atoms with Gasteiger partial charge in [-0.2, -0.15) is 0 Å². The van der Waals surface area contributed by atoms with Crippen LogP contribution in [0.3, 0.4) is 0 Å². The maximum absolute atomic E-state index is 11.6. The van der Waals surface area contributed by atoms with E-state index in [-0.39, 0.29) is 30.6 Å². The fraction of sp³-hybridized carbons (Fsp3) is 0.900. The predicted molar refractivity (Wildman–Crippen MR) is 52.8 cm³/mol. The lowest BCUT2D eigenvalue weighted by Gasteiger charge is -2.21. The quantitative estimate of drug-likeness (QED) is 0.687. The number of nitrogens with one attached hydrogen (secondary N) is 1. The summed E-state index contributed by atoms with van der Waals surface area (Å²) in [5.74, 6) is 0.0376. The Balaban J connectivity index is 2.31. The van der Waals surface area contributed by atoms with Crippen LogP contribution in [0.25, 0.3) is 0 Å². The number of ether oxygens (including phenoxy) is 1. The highest BCUT2D eigenvalue weighted by Gasteiger charge is 2.25. The van der Waals surface area contributed by atoms with Crippen LogP contribution in [0, 0.1) is 5.92 Å². The average Bonchev–Trinajstić information content (AvgIpc) is 2.69. The van der Waals surface area contributed by atoms with Gasteiger partial charge in [0.2, 0.25) is 5.91 Å². The monoisotopic (exact) mass is 201 g/mol. The molecule has 2 N–H and O–H groups in total. The second kappa shape index (κ2) is 5.32. The highest BCUT2D eigenvalue weighted by Crippen LogP contribution is 2.12. The number of carbonyl (C=O) groups is 1. The normalized spacial score (nSPS) is 25.8. The van der Waals surface area contributed by atoms with E-state index in [9.17, 15) is 4.79 Å². The molecule has 0 saturated carbocycles. The number of hydrogen-bond acceptors (Lipinski definition) is 3.